The van der Waals surface area contributed by atoms with E-state index in [0.717, 1.165) is 61.7 Å². The molecule has 3 aliphatic rings. The van der Waals surface area contributed by atoms with Gasteiger partial charge in [-0.3, -0.25) is 4.79 Å². The van der Waals surface area contributed by atoms with Crippen molar-refractivity contribution >= 4 is 5.97 Å². The van der Waals surface area contributed by atoms with Crippen molar-refractivity contribution in [2.24, 2.45) is 0 Å². The molecule has 206 valence electrons. The molecule has 2 heterocycles. The molecular weight excluding hydrogens is 484 g/mol. The van der Waals surface area contributed by atoms with Crippen LogP contribution in [0.5, 0.6) is 17.2 Å². The maximum atomic E-state index is 12.6. The number of hydrogen-bond donors (Lipinski definition) is 0. The number of carbonyl (C=O) groups is 1. The lowest BCUT2D eigenvalue weighted by Gasteiger charge is -2.29. The second-order valence-electron chi connectivity index (χ2n) is 11.1. The van der Waals surface area contributed by atoms with E-state index in [1.54, 1.807) is 0 Å². The quantitative estimate of drug-likeness (QED) is 0.242. The average Bonchev–Trinajstić information content (AvgIpc) is 3.83. The van der Waals surface area contributed by atoms with Crippen LogP contribution < -0.4 is 14.2 Å². The Kier molecular flexibility index (Phi) is 8.75. The normalized spacial score (nSPS) is 24.9. The Morgan fingerprint density at radius 1 is 0.868 bits per heavy atom. The van der Waals surface area contributed by atoms with Crippen LogP contribution in [0.15, 0.2) is 42.5 Å². The fourth-order valence-corrected chi connectivity index (χ4v) is 4.98. The first kappa shape index (κ1) is 26.8. The summed E-state index contributed by atoms with van der Waals surface area (Å²) < 4.78 is 34.0. The molecule has 3 unspecified atom stereocenters. The minimum absolute atomic E-state index is 0.0217. The minimum atomic E-state index is -0.280. The predicted octanol–water partition coefficient (Wildman–Crippen LogP) is 5.79. The van der Waals surface area contributed by atoms with Gasteiger partial charge in [-0.25, -0.2) is 0 Å². The highest BCUT2D eigenvalue weighted by Gasteiger charge is 2.27. The van der Waals surface area contributed by atoms with Gasteiger partial charge < -0.3 is 28.4 Å². The van der Waals surface area contributed by atoms with Crippen LogP contribution >= 0.6 is 0 Å². The molecule has 0 spiro atoms. The van der Waals surface area contributed by atoms with Crippen LogP contribution in [0.25, 0.3) is 0 Å². The Bertz CT molecular complexity index is 1050. The van der Waals surface area contributed by atoms with Crippen molar-refractivity contribution in [1.82, 2.24) is 0 Å². The molecule has 0 aromatic heterocycles. The van der Waals surface area contributed by atoms with Gasteiger partial charge in [0, 0.05) is 5.56 Å². The van der Waals surface area contributed by atoms with Gasteiger partial charge in [-0.05, 0) is 80.3 Å². The SMILES string of the molecule is CC(CC(=O)OC1CCC(c2ccc(OCC3CO3)cc2)CC1)Oc1ccc(OCC2CO2)c(C(C)C)c1. The van der Waals surface area contributed by atoms with Gasteiger partial charge in [0.05, 0.1) is 19.6 Å². The molecule has 2 aromatic rings. The van der Waals surface area contributed by atoms with E-state index in [2.05, 4.69) is 26.0 Å². The molecule has 2 saturated heterocycles. The molecule has 0 amide bonds. The van der Waals surface area contributed by atoms with Gasteiger partial charge in [0.2, 0.25) is 0 Å². The number of esters is 1. The van der Waals surface area contributed by atoms with Crippen molar-refractivity contribution in [3.05, 3.63) is 53.6 Å². The highest BCUT2D eigenvalue weighted by atomic mass is 16.6. The maximum Gasteiger partial charge on any atom is 0.309 e. The van der Waals surface area contributed by atoms with E-state index >= 15 is 0 Å². The van der Waals surface area contributed by atoms with Gasteiger partial charge in [-0.2, -0.15) is 0 Å². The van der Waals surface area contributed by atoms with Gasteiger partial charge in [0.25, 0.3) is 0 Å². The standard InChI is InChI=1S/C31H40O7/c1-20(2)29-15-26(12-13-30(29)36-19-28-18-35-28)37-21(3)14-31(32)38-25-10-6-23(7-11-25)22-4-8-24(9-5-22)33-16-27-17-34-27/h4-5,8-9,12-13,15,20-21,23,25,27-28H,6-7,10-11,14,16-19H2,1-3H3. The summed E-state index contributed by atoms with van der Waals surface area (Å²) in [5.74, 6) is 3.07. The Hall–Kier alpha value is -2.77. The molecule has 1 aliphatic carbocycles. The van der Waals surface area contributed by atoms with Crippen molar-refractivity contribution in [2.75, 3.05) is 26.4 Å². The Morgan fingerprint density at radius 2 is 1.50 bits per heavy atom. The molecule has 3 atom stereocenters. The van der Waals surface area contributed by atoms with Gasteiger partial charge in [-0.15, -0.1) is 0 Å². The van der Waals surface area contributed by atoms with Crippen LogP contribution in [-0.2, 0) is 19.0 Å². The summed E-state index contributed by atoms with van der Waals surface area (Å²) >= 11 is 0. The Labute approximate surface area is 225 Å². The summed E-state index contributed by atoms with van der Waals surface area (Å²) in [5, 5.41) is 0. The zero-order valence-corrected chi connectivity index (χ0v) is 22.7. The summed E-state index contributed by atoms with van der Waals surface area (Å²) in [7, 11) is 0. The van der Waals surface area contributed by atoms with E-state index in [9.17, 15) is 4.79 Å². The van der Waals surface area contributed by atoms with E-state index in [4.69, 9.17) is 28.4 Å². The summed E-state index contributed by atoms with van der Waals surface area (Å²) in [5.41, 5.74) is 2.41. The summed E-state index contributed by atoms with van der Waals surface area (Å²) in [4.78, 5) is 12.6. The first-order chi connectivity index (χ1) is 18.4. The van der Waals surface area contributed by atoms with Crippen LogP contribution in [0, 0.1) is 0 Å². The lowest BCUT2D eigenvalue weighted by atomic mass is 9.83. The highest BCUT2D eigenvalue weighted by molar-refractivity contribution is 5.70. The van der Waals surface area contributed by atoms with E-state index < -0.39 is 0 Å². The number of carbonyl (C=O) groups excluding carboxylic acids is 1. The third-order valence-electron chi connectivity index (χ3n) is 7.38. The number of rotatable bonds is 13. The topological polar surface area (TPSA) is 79.1 Å². The summed E-state index contributed by atoms with van der Waals surface area (Å²) in [6.45, 7) is 8.94. The van der Waals surface area contributed by atoms with Gasteiger partial charge in [0.1, 0.15) is 54.9 Å². The van der Waals surface area contributed by atoms with Gasteiger partial charge in [-0.1, -0.05) is 26.0 Å². The molecule has 7 nitrogen and oxygen atoms in total. The second kappa shape index (κ2) is 12.4. The first-order valence-electron chi connectivity index (χ1n) is 14.0. The first-order valence-corrected chi connectivity index (χ1v) is 14.0. The molecule has 38 heavy (non-hydrogen) atoms. The molecular formula is C31H40O7. The molecule has 0 N–H and O–H groups in total. The third kappa shape index (κ3) is 7.87. The van der Waals surface area contributed by atoms with E-state index in [-0.39, 0.29) is 42.7 Å². The largest absolute Gasteiger partial charge is 0.491 e. The van der Waals surface area contributed by atoms with Gasteiger partial charge >= 0.3 is 5.97 Å². The Morgan fingerprint density at radius 3 is 2.13 bits per heavy atom. The monoisotopic (exact) mass is 524 g/mol. The van der Waals surface area contributed by atoms with Crippen LogP contribution in [-0.4, -0.2) is 56.8 Å². The second-order valence-corrected chi connectivity index (χ2v) is 11.1. The molecule has 7 heteroatoms. The molecule has 0 bridgehead atoms. The van der Waals surface area contributed by atoms with Crippen LogP contribution in [0.3, 0.4) is 0 Å². The number of benzene rings is 2. The van der Waals surface area contributed by atoms with Crippen molar-refractivity contribution in [1.29, 1.82) is 0 Å². The van der Waals surface area contributed by atoms with Crippen molar-refractivity contribution in [2.45, 2.75) is 89.1 Å². The zero-order chi connectivity index (χ0) is 26.5. The molecule has 0 radical (unpaired) electrons. The third-order valence-corrected chi connectivity index (χ3v) is 7.38. The molecule has 2 aromatic carbocycles. The van der Waals surface area contributed by atoms with Crippen LogP contribution in [0.2, 0.25) is 0 Å². The van der Waals surface area contributed by atoms with Crippen LogP contribution in [0.4, 0.5) is 0 Å². The highest BCUT2D eigenvalue weighted by Crippen LogP contribution is 2.35. The smallest absolute Gasteiger partial charge is 0.309 e. The average molecular weight is 525 g/mol. The fourth-order valence-electron chi connectivity index (χ4n) is 4.98. The van der Waals surface area contributed by atoms with Gasteiger partial charge in [0.15, 0.2) is 0 Å². The van der Waals surface area contributed by atoms with Crippen molar-refractivity contribution in [3.8, 4) is 17.2 Å². The van der Waals surface area contributed by atoms with E-state index in [1.807, 2.05) is 37.3 Å². The van der Waals surface area contributed by atoms with Crippen molar-refractivity contribution < 1.29 is 33.2 Å². The molecule has 3 fully saturated rings. The number of epoxide rings is 2. The molecule has 1 saturated carbocycles. The van der Waals surface area contributed by atoms with E-state index in [1.165, 1.54) is 5.56 Å². The Balaban J connectivity index is 1.04. The minimum Gasteiger partial charge on any atom is -0.491 e. The number of hydrogen-bond acceptors (Lipinski definition) is 7. The lowest BCUT2D eigenvalue weighted by Crippen LogP contribution is -2.26. The zero-order valence-electron chi connectivity index (χ0n) is 22.7. The number of ether oxygens (including phenoxy) is 6. The molecule has 5 rings (SSSR count). The maximum absolute atomic E-state index is 12.6. The summed E-state index contributed by atoms with van der Waals surface area (Å²) in [6, 6.07) is 14.3. The predicted molar refractivity (Wildman–Crippen MR) is 143 cm³/mol. The fraction of sp³-hybridized carbons (Fsp3) is 0.581. The van der Waals surface area contributed by atoms with Crippen LogP contribution in [0.1, 0.15) is 75.8 Å². The molecule has 2 aliphatic heterocycles. The van der Waals surface area contributed by atoms with E-state index in [0.29, 0.717) is 19.1 Å². The van der Waals surface area contributed by atoms with Crippen molar-refractivity contribution in [3.63, 3.8) is 0 Å². The summed E-state index contributed by atoms with van der Waals surface area (Å²) in [6.07, 6.45) is 4.19. The lowest BCUT2D eigenvalue weighted by molar-refractivity contribution is -0.152.